The van der Waals surface area contributed by atoms with Gasteiger partial charge in [-0.25, -0.2) is 9.97 Å². The smallest absolute Gasteiger partial charge is 0.298 e. The molecule has 1 aliphatic heterocycles. The molecule has 2 aromatic carbocycles. The van der Waals surface area contributed by atoms with Crippen molar-refractivity contribution in [2.75, 3.05) is 70.1 Å². The van der Waals surface area contributed by atoms with E-state index in [1.807, 2.05) is 41.3 Å². The first kappa shape index (κ1) is 32.5. The number of carbonyl (C=O) groups is 1. The normalized spacial score (nSPS) is 13.2. The fourth-order valence-electron chi connectivity index (χ4n) is 4.99. The van der Waals surface area contributed by atoms with Crippen LogP contribution in [0.4, 0.5) is 17.3 Å². The van der Waals surface area contributed by atoms with Crippen molar-refractivity contribution < 1.29 is 9.53 Å². The van der Waals surface area contributed by atoms with E-state index in [0.29, 0.717) is 12.6 Å². The van der Waals surface area contributed by atoms with Crippen LogP contribution in [0, 0.1) is 11.8 Å². The van der Waals surface area contributed by atoms with Crippen LogP contribution in [0.2, 0.25) is 0 Å². The van der Waals surface area contributed by atoms with E-state index in [1.54, 1.807) is 13.1 Å². The second kappa shape index (κ2) is 17.0. The minimum Gasteiger partial charge on any atom is -0.493 e. The van der Waals surface area contributed by atoms with Gasteiger partial charge in [-0.1, -0.05) is 31.1 Å². The van der Waals surface area contributed by atoms with Gasteiger partial charge in [0.1, 0.15) is 5.75 Å². The molecule has 1 amide bonds. The van der Waals surface area contributed by atoms with Crippen LogP contribution in [0.1, 0.15) is 32.3 Å². The van der Waals surface area contributed by atoms with E-state index in [1.165, 1.54) is 5.56 Å². The topological polar surface area (TPSA) is 85.9 Å². The largest absolute Gasteiger partial charge is 0.493 e. The highest BCUT2D eigenvalue weighted by Crippen LogP contribution is 2.26. The highest BCUT2D eigenvalue weighted by molar-refractivity contribution is 5.93. The van der Waals surface area contributed by atoms with Crippen LogP contribution in [0.3, 0.4) is 0 Å². The van der Waals surface area contributed by atoms with Gasteiger partial charge >= 0.3 is 0 Å². The Labute approximate surface area is 262 Å². The summed E-state index contributed by atoms with van der Waals surface area (Å²) in [6.45, 7) is 15.1. The molecule has 0 saturated carbocycles. The second-order valence-electron chi connectivity index (χ2n) is 10.9. The number of amides is 1. The average Bonchev–Trinajstić information content (AvgIpc) is 3.04. The third kappa shape index (κ3) is 10.1. The van der Waals surface area contributed by atoms with E-state index in [-0.39, 0.29) is 5.91 Å². The van der Waals surface area contributed by atoms with Crippen LogP contribution in [-0.4, -0.2) is 90.0 Å². The number of piperazine rings is 1. The fraction of sp³-hybridized carbons (Fsp3) is 0.400. The molecular formula is C35H45N7O2. The van der Waals surface area contributed by atoms with Crippen molar-refractivity contribution in [1.29, 1.82) is 0 Å². The molecule has 0 bridgehead atoms. The van der Waals surface area contributed by atoms with Crippen molar-refractivity contribution in [3.8, 4) is 28.8 Å². The van der Waals surface area contributed by atoms with Gasteiger partial charge in [-0.05, 0) is 87.8 Å². The average molecular weight is 596 g/mol. The van der Waals surface area contributed by atoms with E-state index >= 15 is 0 Å². The molecule has 4 rings (SSSR count). The van der Waals surface area contributed by atoms with Crippen molar-refractivity contribution in [1.82, 2.24) is 24.7 Å². The Bertz CT molecular complexity index is 1440. The molecule has 232 valence electrons. The lowest BCUT2D eigenvalue weighted by Crippen LogP contribution is -2.48. The van der Waals surface area contributed by atoms with Crippen molar-refractivity contribution in [2.45, 2.75) is 33.2 Å². The summed E-state index contributed by atoms with van der Waals surface area (Å²) in [6, 6.07) is 16.3. The molecule has 0 aliphatic carbocycles. The number of nitrogens with zero attached hydrogens (tertiary/aromatic N) is 5. The second-order valence-corrected chi connectivity index (χ2v) is 10.9. The summed E-state index contributed by atoms with van der Waals surface area (Å²) < 4.78 is 5.83. The summed E-state index contributed by atoms with van der Waals surface area (Å²) in [5, 5.41) is 7.06. The third-order valence-corrected chi connectivity index (χ3v) is 7.49. The lowest BCUT2D eigenvalue weighted by atomic mass is 10.1. The molecule has 44 heavy (non-hydrogen) atoms. The van der Waals surface area contributed by atoms with Crippen molar-refractivity contribution in [3.63, 3.8) is 0 Å². The molecule has 1 saturated heterocycles. The lowest BCUT2D eigenvalue weighted by Gasteiger charge is -2.33. The van der Waals surface area contributed by atoms with Crippen LogP contribution < -0.4 is 15.4 Å². The summed E-state index contributed by atoms with van der Waals surface area (Å²) in [5.74, 6) is 6.62. The quantitative estimate of drug-likeness (QED) is 0.140. The van der Waals surface area contributed by atoms with E-state index < -0.39 is 0 Å². The van der Waals surface area contributed by atoms with E-state index in [9.17, 15) is 4.79 Å². The summed E-state index contributed by atoms with van der Waals surface area (Å²) in [4.78, 5) is 27.9. The van der Waals surface area contributed by atoms with E-state index in [2.05, 4.69) is 76.0 Å². The van der Waals surface area contributed by atoms with E-state index in [0.717, 1.165) is 93.6 Å². The maximum absolute atomic E-state index is 12.0. The number of benzene rings is 2. The number of nitrogens with one attached hydrogen (secondary N) is 2. The fourth-order valence-corrected chi connectivity index (χ4v) is 4.99. The zero-order chi connectivity index (χ0) is 31.1. The number of carbonyl (C=O) groups excluding carboxylic acids is 1. The van der Waals surface area contributed by atoms with Crippen LogP contribution in [-0.2, 0) is 11.3 Å². The van der Waals surface area contributed by atoms with Gasteiger partial charge < -0.3 is 25.2 Å². The number of aromatic nitrogens is 2. The van der Waals surface area contributed by atoms with Crippen LogP contribution in [0.15, 0.2) is 67.4 Å². The van der Waals surface area contributed by atoms with Crippen molar-refractivity contribution >= 4 is 23.2 Å². The molecule has 0 unspecified atom stereocenters. The maximum Gasteiger partial charge on any atom is 0.298 e. The van der Waals surface area contributed by atoms with Gasteiger partial charge in [0.05, 0.1) is 12.3 Å². The number of hydrogen-bond donors (Lipinski definition) is 2. The molecule has 1 aliphatic rings. The first-order valence-corrected chi connectivity index (χ1v) is 15.4. The van der Waals surface area contributed by atoms with Gasteiger partial charge in [-0.15, -0.1) is 6.58 Å². The SMILES string of the molecule is C=CCCOc1cccc(-c2ccnc(Nc3cc(CN(C)CC)cc(NCCCN4CCN(C(=O)C#CC)CC4)c3)n2)c1. The molecule has 2 N–H and O–H groups in total. The summed E-state index contributed by atoms with van der Waals surface area (Å²) in [7, 11) is 2.12. The molecule has 1 aromatic heterocycles. The van der Waals surface area contributed by atoms with Crippen LogP contribution >= 0.6 is 0 Å². The zero-order valence-electron chi connectivity index (χ0n) is 26.3. The highest BCUT2D eigenvalue weighted by atomic mass is 16.5. The Morgan fingerprint density at radius 3 is 2.73 bits per heavy atom. The molecule has 3 aromatic rings. The zero-order valence-corrected chi connectivity index (χ0v) is 26.3. The van der Waals surface area contributed by atoms with E-state index in [4.69, 9.17) is 9.72 Å². The lowest BCUT2D eigenvalue weighted by molar-refractivity contribution is -0.126. The Morgan fingerprint density at radius 1 is 1.14 bits per heavy atom. The summed E-state index contributed by atoms with van der Waals surface area (Å²) >= 11 is 0. The van der Waals surface area contributed by atoms with Gasteiger partial charge in [0, 0.05) is 62.4 Å². The van der Waals surface area contributed by atoms with Gasteiger partial charge in [-0.3, -0.25) is 9.69 Å². The molecule has 1 fully saturated rings. The molecule has 9 nitrogen and oxygen atoms in total. The highest BCUT2D eigenvalue weighted by Gasteiger charge is 2.19. The summed E-state index contributed by atoms with van der Waals surface area (Å²) in [5.41, 5.74) is 4.99. The van der Waals surface area contributed by atoms with Crippen LogP contribution in [0.5, 0.6) is 5.75 Å². The Balaban J connectivity index is 1.38. The molecule has 0 radical (unpaired) electrons. The number of ether oxygens (including phenoxy) is 1. The third-order valence-electron chi connectivity index (χ3n) is 7.49. The van der Waals surface area contributed by atoms with Gasteiger partial charge in [0.25, 0.3) is 5.91 Å². The Hall–Kier alpha value is -4.39. The monoisotopic (exact) mass is 595 g/mol. The number of anilines is 3. The molecule has 0 atom stereocenters. The van der Waals surface area contributed by atoms with Crippen molar-refractivity contribution in [2.24, 2.45) is 0 Å². The number of hydrogen-bond acceptors (Lipinski definition) is 8. The van der Waals surface area contributed by atoms with Gasteiger partial charge in [-0.2, -0.15) is 0 Å². The Kier molecular flexibility index (Phi) is 12.6. The predicted octanol–water partition coefficient (Wildman–Crippen LogP) is 5.26. The van der Waals surface area contributed by atoms with Crippen LogP contribution in [0.25, 0.3) is 11.3 Å². The van der Waals surface area contributed by atoms with Crippen molar-refractivity contribution in [3.05, 3.63) is 72.9 Å². The maximum atomic E-state index is 12.0. The molecule has 0 spiro atoms. The molecule has 9 heteroatoms. The van der Waals surface area contributed by atoms with Gasteiger partial charge in [0.2, 0.25) is 5.95 Å². The first-order valence-electron chi connectivity index (χ1n) is 15.4. The standard InChI is InChI=1S/C35H45N7O2/c1-5-8-22-44-32-13-9-12-29(25-32)33-14-16-37-35(39-33)38-31-24-28(27-40(4)7-3)23-30(26-31)36-15-10-17-41-18-20-42(21-19-41)34(43)11-6-2/h5,9,12-14,16,23-26,36H,1,7-8,10,15,17-22,27H2,2-4H3,(H,37,38,39). The minimum atomic E-state index is -0.0670. The summed E-state index contributed by atoms with van der Waals surface area (Å²) in [6.07, 6.45) is 5.43. The predicted molar refractivity (Wildman–Crippen MR) is 179 cm³/mol. The number of rotatable bonds is 15. The first-order chi connectivity index (χ1) is 21.5. The molecular weight excluding hydrogens is 550 g/mol. The Morgan fingerprint density at radius 2 is 1.95 bits per heavy atom. The minimum absolute atomic E-state index is 0.0670. The molecule has 2 heterocycles. The van der Waals surface area contributed by atoms with Gasteiger partial charge in [0.15, 0.2) is 0 Å².